The summed E-state index contributed by atoms with van der Waals surface area (Å²) >= 11 is 3.38. The fourth-order valence-electron chi connectivity index (χ4n) is 1.17. The fourth-order valence-corrected chi connectivity index (χ4v) is 1.54. The molecule has 0 aliphatic carbocycles. The van der Waals surface area contributed by atoms with E-state index in [0.29, 0.717) is 5.56 Å². The van der Waals surface area contributed by atoms with Crippen LogP contribution in [0.1, 0.15) is 22.8 Å². The average molecular weight is 266 g/mol. The van der Waals surface area contributed by atoms with Crippen LogP contribution in [0.3, 0.4) is 0 Å². The van der Waals surface area contributed by atoms with Crippen molar-refractivity contribution in [3.8, 4) is 12.3 Å². The van der Waals surface area contributed by atoms with Gasteiger partial charge in [-0.15, -0.1) is 6.42 Å². The van der Waals surface area contributed by atoms with E-state index in [4.69, 9.17) is 6.42 Å². The highest BCUT2D eigenvalue weighted by atomic mass is 79.9. The van der Waals surface area contributed by atoms with Gasteiger partial charge in [0.25, 0.3) is 5.91 Å². The van der Waals surface area contributed by atoms with Crippen molar-refractivity contribution in [3.05, 3.63) is 33.8 Å². The van der Waals surface area contributed by atoms with E-state index in [0.717, 1.165) is 10.0 Å². The Kier molecular flexibility index (Phi) is 3.93. The van der Waals surface area contributed by atoms with Gasteiger partial charge in [0.1, 0.15) is 0 Å². The lowest BCUT2D eigenvalue weighted by Gasteiger charge is -2.10. The molecule has 1 amide bonds. The lowest BCUT2D eigenvalue weighted by atomic mass is 10.1. The maximum absolute atomic E-state index is 11.8. The first-order valence-electron chi connectivity index (χ1n) is 4.58. The highest BCUT2D eigenvalue weighted by molar-refractivity contribution is 9.10. The third-order valence-corrected chi connectivity index (χ3v) is 2.97. The summed E-state index contributed by atoms with van der Waals surface area (Å²) in [6.07, 6.45) is 5.19. The first-order valence-corrected chi connectivity index (χ1v) is 5.37. The van der Waals surface area contributed by atoms with E-state index in [9.17, 15) is 4.79 Å². The Balaban J connectivity index is 2.93. The molecule has 0 saturated heterocycles. The molecule has 0 bridgehead atoms. The van der Waals surface area contributed by atoms with Crippen molar-refractivity contribution < 1.29 is 4.79 Å². The van der Waals surface area contributed by atoms with Gasteiger partial charge in [-0.05, 0) is 31.5 Å². The number of nitrogens with one attached hydrogen (secondary N) is 1. The summed E-state index contributed by atoms with van der Waals surface area (Å²) in [5, 5.41) is 2.72. The highest BCUT2D eigenvalue weighted by Gasteiger charge is 2.11. The van der Waals surface area contributed by atoms with Crippen LogP contribution in [0.25, 0.3) is 0 Å². The summed E-state index contributed by atoms with van der Waals surface area (Å²) in [5.74, 6) is 2.32. The Hall–Kier alpha value is -1.27. The van der Waals surface area contributed by atoms with Crippen molar-refractivity contribution >= 4 is 21.8 Å². The Bertz CT molecular complexity index is 420. The zero-order valence-corrected chi connectivity index (χ0v) is 10.3. The Labute approximate surface area is 98.2 Å². The van der Waals surface area contributed by atoms with Crippen molar-refractivity contribution in [1.29, 1.82) is 0 Å². The van der Waals surface area contributed by atoms with Gasteiger partial charge in [-0.2, -0.15) is 0 Å². The second-order valence-electron chi connectivity index (χ2n) is 3.27. The van der Waals surface area contributed by atoms with Crippen LogP contribution in [0, 0.1) is 19.3 Å². The summed E-state index contributed by atoms with van der Waals surface area (Å²) in [5.41, 5.74) is 1.56. The molecule has 0 spiro atoms. The summed E-state index contributed by atoms with van der Waals surface area (Å²) < 4.78 is 0.920. The molecule has 3 heteroatoms. The zero-order valence-electron chi connectivity index (χ0n) is 8.67. The number of hydrogen-bond acceptors (Lipinski definition) is 1. The summed E-state index contributed by atoms with van der Waals surface area (Å²) in [4.78, 5) is 11.8. The second-order valence-corrected chi connectivity index (χ2v) is 4.13. The van der Waals surface area contributed by atoms with E-state index in [-0.39, 0.29) is 11.9 Å². The minimum absolute atomic E-state index is 0.140. The first-order chi connectivity index (χ1) is 7.06. The number of rotatable bonds is 2. The normalized spacial score (nSPS) is 11.6. The zero-order chi connectivity index (χ0) is 11.4. The predicted octanol–water partition coefficient (Wildman–Crippen LogP) is 2.51. The second kappa shape index (κ2) is 4.99. The summed E-state index contributed by atoms with van der Waals surface area (Å²) in [6, 6.07) is 5.25. The third-order valence-electron chi connectivity index (χ3n) is 2.11. The minimum Gasteiger partial charge on any atom is -0.339 e. The number of amides is 1. The maximum Gasteiger partial charge on any atom is 0.252 e. The average Bonchev–Trinajstić information content (AvgIpc) is 2.21. The molecule has 0 saturated carbocycles. The van der Waals surface area contributed by atoms with Gasteiger partial charge in [0.2, 0.25) is 0 Å². The molecule has 78 valence electrons. The monoisotopic (exact) mass is 265 g/mol. The predicted molar refractivity (Wildman–Crippen MR) is 64.6 cm³/mol. The van der Waals surface area contributed by atoms with Crippen LogP contribution >= 0.6 is 15.9 Å². The smallest absolute Gasteiger partial charge is 0.252 e. The van der Waals surface area contributed by atoms with Gasteiger partial charge in [0, 0.05) is 10.0 Å². The summed E-state index contributed by atoms with van der Waals surface area (Å²) in [6.45, 7) is 3.66. The molecule has 0 radical (unpaired) electrons. The molecule has 1 aromatic carbocycles. The van der Waals surface area contributed by atoms with Gasteiger partial charge in [-0.1, -0.05) is 27.9 Å². The molecule has 0 fully saturated rings. The SMILES string of the molecule is C#CC(C)NC(=O)c1cccc(Br)c1C. The molecule has 1 atom stereocenters. The molecule has 0 heterocycles. The Morgan fingerprint density at radius 2 is 2.27 bits per heavy atom. The standard InChI is InChI=1S/C12H12BrNO/c1-4-8(2)14-12(15)10-6-5-7-11(13)9(10)3/h1,5-8H,2-3H3,(H,14,15). The molecular formula is C12H12BrNO. The van der Waals surface area contributed by atoms with Crippen molar-refractivity contribution in [2.24, 2.45) is 0 Å². The van der Waals surface area contributed by atoms with Gasteiger partial charge in [0.15, 0.2) is 0 Å². The van der Waals surface area contributed by atoms with Gasteiger partial charge in [-0.25, -0.2) is 0 Å². The quantitative estimate of drug-likeness (QED) is 0.819. The van der Waals surface area contributed by atoms with Crippen molar-refractivity contribution in [3.63, 3.8) is 0 Å². The maximum atomic E-state index is 11.8. The molecule has 0 aliphatic rings. The largest absolute Gasteiger partial charge is 0.339 e. The number of benzene rings is 1. The van der Waals surface area contributed by atoms with Gasteiger partial charge < -0.3 is 5.32 Å². The lowest BCUT2D eigenvalue weighted by Crippen LogP contribution is -2.31. The number of carbonyl (C=O) groups is 1. The summed E-state index contributed by atoms with van der Waals surface area (Å²) in [7, 11) is 0. The van der Waals surface area contributed by atoms with E-state index in [2.05, 4.69) is 27.2 Å². The third kappa shape index (κ3) is 2.84. The molecule has 0 aromatic heterocycles. The van der Waals surface area contributed by atoms with E-state index >= 15 is 0 Å². The molecule has 1 unspecified atom stereocenters. The van der Waals surface area contributed by atoms with Crippen LogP contribution < -0.4 is 5.32 Å². The molecule has 2 nitrogen and oxygen atoms in total. The van der Waals surface area contributed by atoms with Crippen LogP contribution in [0.15, 0.2) is 22.7 Å². The minimum atomic E-state index is -0.254. The van der Waals surface area contributed by atoms with Gasteiger partial charge in [-0.3, -0.25) is 4.79 Å². The topological polar surface area (TPSA) is 29.1 Å². The molecule has 15 heavy (non-hydrogen) atoms. The lowest BCUT2D eigenvalue weighted by molar-refractivity contribution is 0.0947. The van der Waals surface area contributed by atoms with E-state index in [1.165, 1.54) is 0 Å². The number of terminal acetylenes is 1. The van der Waals surface area contributed by atoms with Crippen molar-refractivity contribution in [2.75, 3.05) is 0 Å². The molecular weight excluding hydrogens is 254 g/mol. The molecule has 1 rings (SSSR count). The first kappa shape index (κ1) is 11.8. The molecule has 1 aromatic rings. The highest BCUT2D eigenvalue weighted by Crippen LogP contribution is 2.19. The van der Waals surface area contributed by atoms with Crippen LogP contribution in [0.2, 0.25) is 0 Å². The Morgan fingerprint density at radius 3 is 2.87 bits per heavy atom. The van der Waals surface area contributed by atoms with E-state index < -0.39 is 0 Å². The van der Waals surface area contributed by atoms with Crippen molar-refractivity contribution in [2.45, 2.75) is 19.9 Å². The van der Waals surface area contributed by atoms with E-state index in [1.54, 1.807) is 13.0 Å². The molecule has 0 aliphatic heterocycles. The fraction of sp³-hybridized carbons (Fsp3) is 0.250. The van der Waals surface area contributed by atoms with Crippen molar-refractivity contribution in [1.82, 2.24) is 5.32 Å². The number of halogens is 1. The number of hydrogen-bond donors (Lipinski definition) is 1. The van der Waals surface area contributed by atoms with E-state index in [1.807, 2.05) is 19.1 Å². The van der Waals surface area contributed by atoms with Gasteiger partial charge >= 0.3 is 0 Å². The van der Waals surface area contributed by atoms with Crippen LogP contribution in [0.4, 0.5) is 0 Å². The number of carbonyl (C=O) groups excluding carboxylic acids is 1. The van der Waals surface area contributed by atoms with Crippen LogP contribution in [0.5, 0.6) is 0 Å². The Morgan fingerprint density at radius 1 is 1.60 bits per heavy atom. The van der Waals surface area contributed by atoms with Crippen LogP contribution in [-0.2, 0) is 0 Å². The van der Waals surface area contributed by atoms with Crippen LogP contribution in [-0.4, -0.2) is 11.9 Å². The molecule has 1 N–H and O–H groups in total. The van der Waals surface area contributed by atoms with Gasteiger partial charge in [0.05, 0.1) is 6.04 Å².